The molecule has 0 aliphatic rings. The van der Waals surface area contributed by atoms with Crippen molar-refractivity contribution < 1.29 is 0 Å². The van der Waals surface area contributed by atoms with E-state index in [1.807, 2.05) is 13.1 Å². The van der Waals surface area contributed by atoms with E-state index in [1.54, 1.807) is 0 Å². The van der Waals surface area contributed by atoms with E-state index in [1.165, 1.54) is 24.8 Å². The molecule has 15 heavy (non-hydrogen) atoms. The van der Waals surface area contributed by atoms with E-state index in [4.69, 9.17) is 0 Å². The monoisotopic (exact) mass is 206 g/mol. The zero-order valence-corrected chi connectivity index (χ0v) is 10.1. The highest BCUT2D eigenvalue weighted by Crippen LogP contribution is 2.18. The van der Waals surface area contributed by atoms with Crippen LogP contribution in [0.3, 0.4) is 0 Å². The van der Waals surface area contributed by atoms with Crippen molar-refractivity contribution >= 4 is 0 Å². The Morgan fingerprint density at radius 1 is 1.33 bits per heavy atom. The highest BCUT2D eigenvalue weighted by atomic mass is 14.9. The lowest BCUT2D eigenvalue weighted by molar-refractivity contribution is 0.493. The Kier molecular flexibility index (Phi) is 5.33. The molecule has 0 aromatic carbocycles. The van der Waals surface area contributed by atoms with Crippen LogP contribution in [0.25, 0.3) is 0 Å². The molecule has 1 atom stereocenters. The topological polar surface area (TPSA) is 24.9 Å². The fourth-order valence-corrected chi connectivity index (χ4v) is 1.78. The van der Waals surface area contributed by atoms with Gasteiger partial charge in [-0.3, -0.25) is 4.98 Å². The number of nitrogens with one attached hydrogen (secondary N) is 1. The smallest absolute Gasteiger partial charge is 0.0375 e. The van der Waals surface area contributed by atoms with Crippen molar-refractivity contribution in [3.63, 3.8) is 0 Å². The molecule has 84 valence electrons. The van der Waals surface area contributed by atoms with Crippen molar-refractivity contribution in [3.8, 4) is 0 Å². The molecule has 1 heterocycles. The van der Waals surface area contributed by atoms with E-state index in [-0.39, 0.29) is 0 Å². The Bertz CT molecular complexity index is 284. The molecule has 0 aliphatic carbocycles. The molecule has 1 rings (SSSR count). The molecule has 1 unspecified atom stereocenters. The first-order chi connectivity index (χ1) is 7.27. The van der Waals surface area contributed by atoms with Crippen molar-refractivity contribution in [1.82, 2.24) is 10.3 Å². The zero-order valence-electron chi connectivity index (χ0n) is 10.1. The van der Waals surface area contributed by atoms with Crippen LogP contribution in [0.15, 0.2) is 18.3 Å². The summed E-state index contributed by atoms with van der Waals surface area (Å²) in [5.41, 5.74) is 2.48. The van der Waals surface area contributed by atoms with E-state index in [0.717, 1.165) is 12.2 Å². The number of hydrogen-bond acceptors (Lipinski definition) is 2. The number of nitrogens with zero attached hydrogens (tertiary/aromatic N) is 1. The summed E-state index contributed by atoms with van der Waals surface area (Å²) in [4.78, 5) is 4.23. The first-order valence-corrected chi connectivity index (χ1v) is 5.93. The molecular formula is C13H22N2. The lowest BCUT2D eigenvalue weighted by Gasteiger charge is -2.18. The summed E-state index contributed by atoms with van der Waals surface area (Å²) in [6.45, 7) is 7.57. The van der Waals surface area contributed by atoms with Crippen LogP contribution in [-0.2, 0) is 0 Å². The number of aromatic nitrogens is 1. The molecule has 0 spiro atoms. The van der Waals surface area contributed by atoms with E-state index >= 15 is 0 Å². The second-order valence-corrected chi connectivity index (χ2v) is 4.03. The number of aryl methyl sites for hydroxylation is 1. The van der Waals surface area contributed by atoms with Crippen molar-refractivity contribution in [2.45, 2.75) is 46.1 Å². The average molecular weight is 206 g/mol. The van der Waals surface area contributed by atoms with Gasteiger partial charge in [-0.2, -0.15) is 0 Å². The second kappa shape index (κ2) is 6.57. The van der Waals surface area contributed by atoms with Gasteiger partial charge in [0, 0.05) is 17.9 Å². The summed E-state index contributed by atoms with van der Waals surface area (Å²) < 4.78 is 0. The van der Waals surface area contributed by atoms with E-state index in [9.17, 15) is 0 Å². The summed E-state index contributed by atoms with van der Waals surface area (Å²) in [6.07, 6.45) is 5.50. The van der Waals surface area contributed by atoms with Gasteiger partial charge in [0.2, 0.25) is 0 Å². The quantitative estimate of drug-likeness (QED) is 0.773. The van der Waals surface area contributed by atoms with Gasteiger partial charge in [0.1, 0.15) is 0 Å². The number of rotatable bonds is 6. The number of hydrogen-bond donors (Lipinski definition) is 1. The predicted octanol–water partition coefficient (Wildman–Crippen LogP) is 3.23. The standard InChI is InChI=1S/C13H22N2/c1-4-6-13(15-8-5-2)12-7-9-14-11(3)10-12/h7,9-10,13,15H,4-6,8H2,1-3H3. The predicted molar refractivity (Wildman–Crippen MR) is 64.9 cm³/mol. The Labute approximate surface area is 93.1 Å². The van der Waals surface area contributed by atoms with Crippen molar-refractivity contribution in [3.05, 3.63) is 29.6 Å². The van der Waals surface area contributed by atoms with Gasteiger partial charge in [0.15, 0.2) is 0 Å². The molecule has 1 aromatic heterocycles. The molecule has 0 bridgehead atoms. The first-order valence-electron chi connectivity index (χ1n) is 5.93. The highest BCUT2D eigenvalue weighted by molar-refractivity contribution is 5.19. The van der Waals surface area contributed by atoms with Crippen LogP contribution >= 0.6 is 0 Å². The lowest BCUT2D eigenvalue weighted by Crippen LogP contribution is -2.22. The van der Waals surface area contributed by atoms with Gasteiger partial charge in [0.05, 0.1) is 0 Å². The average Bonchev–Trinajstić information content (AvgIpc) is 2.24. The van der Waals surface area contributed by atoms with Crippen molar-refractivity contribution in [2.75, 3.05) is 6.54 Å². The minimum Gasteiger partial charge on any atom is -0.310 e. The third-order valence-electron chi connectivity index (χ3n) is 2.54. The van der Waals surface area contributed by atoms with Gasteiger partial charge in [0.25, 0.3) is 0 Å². The molecule has 0 aliphatic heterocycles. The fourth-order valence-electron chi connectivity index (χ4n) is 1.78. The molecule has 0 amide bonds. The maximum absolute atomic E-state index is 4.23. The molecule has 0 saturated heterocycles. The van der Waals surface area contributed by atoms with E-state index in [0.29, 0.717) is 6.04 Å². The van der Waals surface area contributed by atoms with Gasteiger partial charge in [-0.1, -0.05) is 20.3 Å². The van der Waals surface area contributed by atoms with Gasteiger partial charge in [-0.15, -0.1) is 0 Å². The molecule has 0 radical (unpaired) electrons. The molecule has 0 fully saturated rings. The van der Waals surface area contributed by atoms with Crippen molar-refractivity contribution in [2.24, 2.45) is 0 Å². The molecule has 2 heteroatoms. The van der Waals surface area contributed by atoms with Gasteiger partial charge < -0.3 is 5.32 Å². The Hall–Kier alpha value is -0.890. The molecular weight excluding hydrogens is 184 g/mol. The molecule has 0 saturated carbocycles. The van der Waals surface area contributed by atoms with E-state index < -0.39 is 0 Å². The Morgan fingerprint density at radius 3 is 2.73 bits per heavy atom. The van der Waals surface area contributed by atoms with Crippen LogP contribution in [0.2, 0.25) is 0 Å². The fraction of sp³-hybridized carbons (Fsp3) is 0.615. The maximum Gasteiger partial charge on any atom is 0.0375 e. The number of pyridine rings is 1. The van der Waals surface area contributed by atoms with Crippen LogP contribution in [0.4, 0.5) is 0 Å². The third kappa shape index (κ3) is 4.00. The van der Waals surface area contributed by atoms with Crippen molar-refractivity contribution in [1.29, 1.82) is 0 Å². The largest absolute Gasteiger partial charge is 0.310 e. The van der Waals surface area contributed by atoms with Crippen LogP contribution in [0, 0.1) is 6.92 Å². The van der Waals surface area contributed by atoms with Gasteiger partial charge >= 0.3 is 0 Å². The molecule has 1 aromatic rings. The summed E-state index contributed by atoms with van der Waals surface area (Å²) in [5.74, 6) is 0. The third-order valence-corrected chi connectivity index (χ3v) is 2.54. The summed E-state index contributed by atoms with van der Waals surface area (Å²) in [6, 6.07) is 4.80. The maximum atomic E-state index is 4.23. The second-order valence-electron chi connectivity index (χ2n) is 4.03. The van der Waals surface area contributed by atoms with Gasteiger partial charge in [-0.25, -0.2) is 0 Å². The summed E-state index contributed by atoms with van der Waals surface area (Å²) >= 11 is 0. The van der Waals surface area contributed by atoms with Crippen LogP contribution in [-0.4, -0.2) is 11.5 Å². The normalized spacial score (nSPS) is 12.7. The Morgan fingerprint density at radius 2 is 2.13 bits per heavy atom. The minimum absolute atomic E-state index is 0.497. The summed E-state index contributed by atoms with van der Waals surface area (Å²) in [7, 11) is 0. The minimum atomic E-state index is 0.497. The molecule has 1 N–H and O–H groups in total. The Balaban J connectivity index is 2.69. The van der Waals surface area contributed by atoms with E-state index in [2.05, 4.69) is 36.3 Å². The summed E-state index contributed by atoms with van der Waals surface area (Å²) in [5, 5.41) is 3.59. The zero-order chi connectivity index (χ0) is 11.1. The van der Waals surface area contributed by atoms with Crippen LogP contribution < -0.4 is 5.32 Å². The molecule has 2 nitrogen and oxygen atoms in total. The lowest BCUT2D eigenvalue weighted by atomic mass is 10.0. The first kappa shape index (κ1) is 12.2. The van der Waals surface area contributed by atoms with Crippen LogP contribution in [0.5, 0.6) is 0 Å². The van der Waals surface area contributed by atoms with Crippen LogP contribution in [0.1, 0.15) is 50.4 Å². The highest BCUT2D eigenvalue weighted by Gasteiger charge is 2.09. The SMILES string of the molecule is CCCNC(CCC)c1ccnc(C)c1. The van der Waals surface area contributed by atoms with Gasteiger partial charge in [-0.05, 0) is 44.0 Å².